The van der Waals surface area contributed by atoms with Crippen molar-refractivity contribution < 1.29 is 14.0 Å². The number of esters is 1. The van der Waals surface area contributed by atoms with Gasteiger partial charge in [0.2, 0.25) is 0 Å². The van der Waals surface area contributed by atoms with Gasteiger partial charge in [0.15, 0.2) is 8.32 Å². The van der Waals surface area contributed by atoms with Gasteiger partial charge < -0.3 is 9.16 Å². The van der Waals surface area contributed by atoms with Crippen LogP contribution in [0.4, 0.5) is 0 Å². The van der Waals surface area contributed by atoms with Crippen molar-refractivity contribution in [3.05, 3.63) is 144 Å². The van der Waals surface area contributed by atoms with Crippen molar-refractivity contribution in [2.45, 2.75) is 50.4 Å². The predicted octanol–water partition coefficient (Wildman–Crippen LogP) is 7.02. The molecule has 1 heterocycles. The number of ether oxygens (including phenoxy) is 1. The molecule has 0 amide bonds. The van der Waals surface area contributed by atoms with Crippen molar-refractivity contribution in [3.63, 3.8) is 0 Å². The molecule has 5 heteroatoms. The van der Waals surface area contributed by atoms with E-state index in [1.807, 2.05) is 48.5 Å². The zero-order valence-corrected chi connectivity index (χ0v) is 24.0. The van der Waals surface area contributed by atoms with Crippen LogP contribution in [0.2, 0.25) is 19.6 Å². The van der Waals surface area contributed by atoms with Crippen molar-refractivity contribution in [1.82, 2.24) is 4.90 Å². The summed E-state index contributed by atoms with van der Waals surface area (Å²) in [7, 11) is -1.86. The highest BCUT2D eigenvalue weighted by molar-refractivity contribution is 6.69. The smallest absolute Gasteiger partial charge is 0.323 e. The largest absolute Gasteiger partial charge is 0.460 e. The van der Waals surface area contributed by atoms with E-state index in [0.717, 1.165) is 22.3 Å². The molecule has 0 radical (unpaired) electrons. The molecule has 0 aliphatic carbocycles. The van der Waals surface area contributed by atoms with Gasteiger partial charge in [0, 0.05) is 6.54 Å². The van der Waals surface area contributed by atoms with Crippen LogP contribution < -0.4 is 0 Å². The van der Waals surface area contributed by atoms with Crippen LogP contribution in [0.25, 0.3) is 0 Å². The molecule has 0 saturated carbocycles. The van der Waals surface area contributed by atoms with Crippen molar-refractivity contribution >= 4 is 14.3 Å². The molecule has 0 spiro atoms. The summed E-state index contributed by atoms with van der Waals surface area (Å²) in [6.07, 6.45) is 0.521. The quantitative estimate of drug-likeness (QED) is 0.131. The van der Waals surface area contributed by atoms with Crippen LogP contribution in [0.5, 0.6) is 0 Å². The highest BCUT2D eigenvalue weighted by Gasteiger charge is 2.52. The summed E-state index contributed by atoms with van der Waals surface area (Å²) in [4.78, 5) is 16.3. The molecular formula is C34H37NO3Si. The Hall–Kier alpha value is -3.51. The van der Waals surface area contributed by atoms with Gasteiger partial charge in [-0.2, -0.15) is 0 Å². The van der Waals surface area contributed by atoms with E-state index in [1.54, 1.807) is 0 Å². The van der Waals surface area contributed by atoms with Crippen LogP contribution >= 0.6 is 0 Å². The third kappa shape index (κ3) is 5.91. The molecule has 1 aliphatic rings. The van der Waals surface area contributed by atoms with E-state index in [1.165, 1.54) is 0 Å². The third-order valence-electron chi connectivity index (χ3n) is 7.28. The second-order valence-corrected chi connectivity index (χ2v) is 15.6. The Labute approximate surface area is 233 Å². The van der Waals surface area contributed by atoms with Crippen LogP contribution in [-0.2, 0) is 26.1 Å². The minimum absolute atomic E-state index is 0.0681. The van der Waals surface area contributed by atoms with Gasteiger partial charge in [-0.3, -0.25) is 9.69 Å². The number of rotatable bonds is 9. The highest BCUT2D eigenvalue weighted by atomic mass is 28.4. The van der Waals surface area contributed by atoms with E-state index >= 15 is 0 Å². The molecule has 0 N–H and O–H groups in total. The molecule has 200 valence electrons. The fraction of sp³-hybridized carbons (Fsp3) is 0.265. The SMILES string of the molecule is C[Si](C)(C)OC1CC(C(=O)OCc2ccccc2)N(C(c2ccccc2)(c2ccccc2)c2ccccc2)C1. The Balaban J connectivity index is 1.65. The number of hydrogen-bond donors (Lipinski definition) is 0. The van der Waals surface area contributed by atoms with Gasteiger partial charge in [-0.15, -0.1) is 0 Å². The van der Waals surface area contributed by atoms with Crippen molar-refractivity contribution in [2.24, 2.45) is 0 Å². The zero-order valence-electron chi connectivity index (χ0n) is 23.0. The van der Waals surface area contributed by atoms with Gasteiger partial charge in [-0.05, 0) is 48.3 Å². The molecule has 1 fully saturated rings. The van der Waals surface area contributed by atoms with E-state index in [2.05, 4.69) is 97.3 Å². The van der Waals surface area contributed by atoms with Gasteiger partial charge in [0.25, 0.3) is 0 Å². The Morgan fingerprint density at radius 3 is 1.62 bits per heavy atom. The van der Waals surface area contributed by atoms with Crippen LogP contribution in [0.1, 0.15) is 28.7 Å². The van der Waals surface area contributed by atoms with Crippen molar-refractivity contribution in [3.8, 4) is 0 Å². The summed E-state index contributed by atoms with van der Waals surface area (Å²) >= 11 is 0. The topological polar surface area (TPSA) is 38.8 Å². The van der Waals surface area contributed by atoms with Crippen LogP contribution in [-0.4, -0.2) is 37.9 Å². The molecule has 5 rings (SSSR count). The monoisotopic (exact) mass is 535 g/mol. The van der Waals surface area contributed by atoms with Crippen molar-refractivity contribution in [1.29, 1.82) is 0 Å². The average Bonchev–Trinajstić information content (AvgIpc) is 3.37. The fourth-order valence-corrected chi connectivity index (χ4v) is 7.01. The summed E-state index contributed by atoms with van der Waals surface area (Å²) in [5, 5.41) is 0. The van der Waals surface area contributed by atoms with E-state index in [4.69, 9.17) is 9.16 Å². The number of likely N-dealkylation sites (tertiary alicyclic amines) is 1. The van der Waals surface area contributed by atoms with E-state index in [9.17, 15) is 4.79 Å². The molecular weight excluding hydrogens is 498 g/mol. The maximum absolute atomic E-state index is 14.0. The van der Waals surface area contributed by atoms with Crippen LogP contribution in [0, 0.1) is 0 Å². The lowest BCUT2D eigenvalue weighted by Gasteiger charge is -2.46. The number of carbonyl (C=O) groups excluding carboxylic acids is 1. The normalized spacial score (nSPS) is 18.1. The second-order valence-electron chi connectivity index (χ2n) is 11.2. The maximum atomic E-state index is 14.0. The Kier molecular flexibility index (Phi) is 8.12. The Bertz CT molecular complexity index is 1240. The predicted molar refractivity (Wildman–Crippen MR) is 159 cm³/mol. The number of carbonyl (C=O) groups is 1. The molecule has 0 bridgehead atoms. The summed E-state index contributed by atoms with van der Waals surface area (Å²) < 4.78 is 12.7. The van der Waals surface area contributed by atoms with Gasteiger partial charge in [0.1, 0.15) is 12.6 Å². The Morgan fingerprint density at radius 1 is 0.744 bits per heavy atom. The third-order valence-corrected chi connectivity index (χ3v) is 8.32. The van der Waals surface area contributed by atoms with Gasteiger partial charge in [-0.1, -0.05) is 121 Å². The minimum atomic E-state index is -1.86. The van der Waals surface area contributed by atoms with Crippen LogP contribution in [0.15, 0.2) is 121 Å². The number of hydrogen-bond acceptors (Lipinski definition) is 4. The first-order valence-corrected chi connectivity index (χ1v) is 17.1. The first-order valence-electron chi connectivity index (χ1n) is 13.7. The summed E-state index contributed by atoms with van der Waals surface area (Å²) in [6.45, 7) is 7.48. The molecule has 4 aromatic carbocycles. The van der Waals surface area contributed by atoms with E-state index in [-0.39, 0.29) is 18.7 Å². The molecule has 0 aromatic heterocycles. The highest BCUT2D eigenvalue weighted by Crippen LogP contribution is 2.46. The average molecular weight is 536 g/mol. The summed E-state index contributed by atoms with van der Waals surface area (Å²) in [6, 6.07) is 41.0. The second kappa shape index (κ2) is 11.7. The first kappa shape index (κ1) is 27.1. The first-order chi connectivity index (χ1) is 18.9. The van der Waals surface area contributed by atoms with Crippen LogP contribution in [0.3, 0.4) is 0 Å². The van der Waals surface area contributed by atoms with Crippen molar-refractivity contribution in [2.75, 3.05) is 6.54 Å². The lowest BCUT2D eigenvalue weighted by Crippen LogP contribution is -2.53. The van der Waals surface area contributed by atoms with Gasteiger partial charge in [0.05, 0.1) is 11.6 Å². The molecule has 2 atom stereocenters. The molecule has 1 aliphatic heterocycles. The fourth-order valence-electron chi connectivity index (χ4n) is 5.84. The van der Waals surface area contributed by atoms with E-state index in [0.29, 0.717) is 13.0 Å². The zero-order chi connectivity index (χ0) is 27.3. The van der Waals surface area contributed by atoms with Gasteiger partial charge >= 0.3 is 5.97 Å². The summed E-state index contributed by atoms with van der Waals surface area (Å²) in [5.74, 6) is -0.215. The Morgan fingerprint density at radius 2 is 1.18 bits per heavy atom. The molecule has 4 aromatic rings. The van der Waals surface area contributed by atoms with Gasteiger partial charge in [-0.25, -0.2) is 0 Å². The standard InChI is InChI=1S/C34H37NO3Si/c1-39(2,3)38-31-24-32(33(36)37-26-27-16-8-4-9-17-27)35(25-31)34(28-18-10-5-11-19-28,29-20-12-6-13-21-29)30-22-14-7-15-23-30/h4-23,31-32H,24-26H2,1-3H3. The lowest BCUT2D eigenvalue weighted by molar-refractivity contribution is -0.151. The minimum Gasteiger partial charge on any atom is -0.460 e. The number of benzene rings is 4. The molecule has 4 nitrogen and oxygen atoms in total. The molecule has 1 saturated heterocycles. The molecule has 2 unspecified atom stereocenters. The molecule has 39 heavy (non-hydrogen) atoms. The lowest BCUT2D eigenvalue weighted by atomic mass is 9.75. The van der Waals surface area contributed by atoms with E-state index < -0.39 is 19.9 Å². The summed E-state index contributed by atoms with van der Waals surface area (Å²) in [5.41, 5.74) is 3.59. The number of nitrogens with zero attached hydrogens (tertiary/aromatic N) is 1. The maximum Gasteiger partial charge on any atom is 0.323 e.